The third-order valence-corrected chi connectivity index (χ3v) is 3.11. The highest BCUT2D eigenvalue weighted by Crippen LogP contribution is 2.18. The van der Waals surface area contributed by atoms with Crippen molar-refractivity contribution in [3.63, 3.8) is 0 Å². The number of carbonyl (C=O) groups is 1. The van der Waals surface area contributed by atoms with Crippen LogP contribution in [0.1, 0.15) is 21.5 Å². The second-order valence-corrected chi connectivity index (χ2v) is 4.95. The highest BCUT2D eigenvalue weighted by atomic mass is 35.5. The molecule has 0 atom stereocenters. The molecule has 1 amide bonds. The number of aryl methyl sites for hydroxylation is 1. The Bertz CT molecular complexity index is 614. The highest BCUT2D eigenvalue weighted by molar-refractivity contribution is 6.35. The molecule has 0 spiro atoms. The van der Waals surface area contributed by atoms with Gasteiger partial charge in [0.2, 0.25) is 0 Å². The van der Waals surface area contributed by atoms with Gasteiger partial charge in [-0.05, 0) is 18.6 Å². The van der Waals surface area contributed by atoms with Crippen LogP contribution >= 0.6 is 23.2 Å². The molecule has 1 heterocycles. The maximum absolute atomic E-state index is 12.0. The summed E-state index contributed by atoms with van der Waals surface area (Å²) in [4.78, 5) is 15.8. The lowest BCUT2D eigenvalue weighted by atomic mass is 10.1. The second-order valence-electron chi connectivity index (χ2n) is 4.16. The summed E-state index contributed by atoms with van der Waals surface area (Å²) in [5.41, 5.74) is 2.51. The van der Waals surface area contributed by atoms with Gasteiger partial charge in [-0.25, -0.2) is 4.98 Å². The Balaban J connectivity index is 2.07. The van der Waals surface area contributed by atoms with Crippen molar-refractivity contribution in [2.24, 2.45) is 0 Å². The molecule has 5 heteroatoms. The van der Waals surface area contributed by atoms with Gasteiger partial charge in [0.1, 0.15) is 5.15 Å². The van der Waals surface area contributed by atoms with Crippen LogP contribution in [0.25, 0.3) is 0 Å². The Kier molecular flexibility index (Phi) is 4.40. The first-order chi connectivity index (χ1) is 9.06. The summed E-state index contributed by atoms with van der Waals surface area (Å²) >= 11 is 11.7. The number of hydrogen-bond acceptors (Lipinski definition) is 2. The van der Waals surface area contributed by atoms with Crippen molar-refractivity contribution in [3.8, 4) is 0 Å². The molecule has 0 fully saturated rings. The van der Waals surface area contributed by atoms with Crippen molar-refractivity contribution >= 4 is 29.1 Å². The van der Waals surface area contributed by atoms with Crippen molar-refractivity contribution in [2.45, 2.75) is 13.5 Å². The first-order valence-electron chi connectivity index (χ1n) is 5.71. The molecule has 0 radical (unpaired) electrons. The van der Waals surface area contributed by atoms with Gasteiger partial charge < -0.3 is 5.32 Å². The van der Waals surface area contributed by atoms with Gasteiger partial charge in [0, 0.05) is 12.7 Å². The first-order valence-corrected chi connectivity index (χ1v) is 6.46. The Labute approximate surface area is 121 Å². The lowest BCUT2D eigenvalue weighted by Gasteiger charge is -2.07. The lowest BCUT2D eigenvalue weighted by Crippen LogP contribution is -2.23. The van der Waals surface area contributed by atoms with Crippen molar-refractivity contribution in [2.75, 3.05) is 0 Å². The maximum atomic E-state index is 12.0. The molecule has 0 bridgehead atoms. The van der Waals surface area contributed by atoms with Gasteiger partial charge in [-0.2, -0.15) is 0 Å². The summed E-state index contributed by atoms with van der Waals surface area (Å²) in [6, 6.07) is 9.38. The van der Waals surface area contributed by atoms with E-state index in [1.54, 1.807) is 0 Å². The van der Waals surface area contributed by atoms with Gasteiger partial charge in [0.25, 0.3) is 5.91 Å². The van der Waals surface area contributed by atoms with Crippen molar-refractivity contribution in [3.05, 3.63) is 63.4 Å². The molecular formula is C14H12Cl2N2O. The quantitative estimate of drug-likeness (QED) is 0.879. The average molecular weight is 295 g/mol. The van der Waals surface area contributed by atoms with E-state index < -0.39 is 0 Å². The smallest absolute Gasteiger partial charge is 0.253 e. The van der Waals surface area contributed by atoms with Crippen LogP contribution in [0, 0.1) is 6.92 Å². The topological polar surface area (TPSA) is 42.0 Å². The monoisotopic (exact) mass is 294 g/mol. The molecule has 1 aromatic heterocycles. The van der Waals surface area contributed by atoms with Crippen LogP contribution in [0.5, 0.6) is 0 Å². The van der Waals surface area contributed by atoms with E-state index in [0.717, 1.165) is 11.1 Å². The number of aromatic nitrogens is 1. The third-order valence-electron chi connectivity index (χ3n) is 2.60. The molecule has 98 valence electrons. The minimum Gasteiger partial charge on any atom is -0.348 e. The number of pyridine rings is 1. The van der Waals surface area contributed by atoms with Gasteiger partial charge >= 0.3 is 0 Å². The van der Waals surface area contributed by atoms with Crippen molar-refractivity contribution < 1.29 is 4.79 Å². The summed E-state index contributed by atoms with van der Waals surface area (Å²) in [6.07, 6.45) is 1.37. The van der Waals surface area contributed by atoms with Crippen molar-refractivity contribution in [1.29, 1.82) is 0 Å². The number of carbonyl (C=O) groups excluding carboxylic acids is 1. The van der Waals surface area contributed by atoms with E-state index in [4.69, 9.17) is 23.2 Å². The predicted octanol–water partition coefficient (Wildman–Crippen LogP) is 3.63. The van der Waals surface area contributed by atoms with Gasteiger partial charge in [0.15, 0.2) is 0 Å². The molecule has 0 saturated carbocycles. The molecule has 0 aliphatic carbocycles. The second kappa shape index (κ2) is 6.04. The predicted molar refractivity (Wildman–Crippen MR) is 76.6 cm³/mol. The molecule has 0 aliphatic rings. The first kappa shape index (κ1) is 13.8. The third kappa shape index (κ3) is 3.69. The van der Waals surface area contributed by atoms with E-state index in [9.17, 15) is 4.79 Å². The standard InChI is InChI=1S/C14H12Cl2N2O/c1-9-3-2-4-10(5-9)7-18-14(19)11-6-13(16)17-8-12(11)15/h2-6,8H,7H2,1H3,(H,18,19). The maximum Gasteiger partial charge on any atom is 0.253 e. The summed E-state index contributed by atoms with van der Waals surface area (Å²) in [5.74, 6) is -0.268. The Hall–Kier alpha value is -1.58. The van der Waals surface area contributed by atoms with E-state index in [-0.39, 0.29) is 16.1 Å². The van der Waals surface area contributed by atoms with E-state index >= 15 is 0 Å². The van der Waals surface area contributed by atoms with E-state index in [1.807, 2.05) is 31.2 Å². The van der Waals surface area contributed by atoms with E-state index in [0.29, 0.717) is 12.1 Å². The van der Waals surface area contributed by atoms with Crippen LogP contribution in [-0.4, -0.2) is 10.9 Å². The van der Waals surface area contributed by atoms with Crippen LogP contribution < -0.4 is 5.32 Å². The Morgan fingerprint density at radius 2 is 2.11 bits per heavy atom. The molecule has 0 unspecified atom stereocenters. The molecule has 2 rings (SSSR count). The Morgan fingerprint density at radius 3 is 2.84 bits per heavy atom. The summed E-state index contributed by atoms with van der Waals surface area (Å²) < 4.78 is 0. The zero-order valence-corrected chi connectivity index (χ0v) is 11.8. The Morgan fingerprint density at radius 1 is 1.32 bits per heavy atom. The molecule has 0 saturated heterocycles. The molecule has 3 nitrogen and oxygen atoms in total. The van der Waals surface area contributed by atoms with Crippen molar-refractivity contribution in [1.82, 2.24) is 10.3 Å². The largest absolute Gasteiger partial charge is 0.348 e. The number of benzene rings is 1. The van der Waals surface area contributed by atoms with Crippen LogP contribution in [0.15, 0.2) is 36.5 Å². The van der Waals surface area contributed by atoms with Crippen LogP contribution in [0.2, 0.25) is 10.2 Å². The number of amides is 1. The minimum absolute atomic E-state index is 0.241. The summed E-state index contributed by atoms with van der Waals surface area (Å²) in [5, 5.41) is 3.33. The normalized spacial score (nSPS) is 10.3. The molecule has 1 N–H and O–H groups in total. The van der Waals surface area contributed by atoms with Crippen LogP contribution in [0.3, 0.4) is 0 Å². The fraction of sp³-hybridized carbons (Fsp3) is 0.143. The van der Waals surface area contributed by atoms with Gasteiger partial charge in [-0.3, -0.25) is 4.79 Å². The number of rotatable bonds is 3. The zero-order valence-electron chi connectivity index (χ0n) is 10.3. The van der Waals surface area contributed by atoms with Gasteiger partial charge in [-0.1, -0.05) is 53.0 Å². The SMILES string of the molecule is Cc1cccc(CNC(=O)c2cc(Cl)ncc2Cl)c1. The van der Waals surface area contributed by atoms with E-state index in [2.05, 4.69) is 10.3 Å². The van der Waals surface area contributed by atoms with Gasteiger partial charge in [0.05, 0.1) is 10.6 Å². The molecular weight excluding hydrogens is 283 g/mol. The number of nitrogens with zero attached hydrogens (tertiary/aromatic N) is 1. The lowest BCUT2D eigenvalue weighted by molar-refractivity contribution is 0.0951. The van der Waals surface area contributed by atoms with Crippen LogP contribution in [0.4, 0.5) is 0 Å². The van der Waals surface area contributed by atoms with Crippen LogP contribution in [-0.2, 0) is 6.54 Å². The fourth-order valence-electron chi connectivity index (χ4n) is 1.69. The number of hydrogen-bond donors (Lipinski definition) is 1. The summed E-state index contributed by atoms with van der Waals surface area (Å²) in [6.45, 7) is 2.45. The molecule has 2 aromatic rings. The summed E-state index contributed by atoms with van der Waals surface area (Å²) in [7, 11) is 0. The number of halogens is 2. The zero-order chi connectivity index (χ0) is 13.8. The highest BCUT2D eigenvalue weighted by Gasteiger charge is 2.11. The molecule has 0 aliphatic heterocycles. The molecule has 19 heavy (non-hydrogen) atoms. The minimum atomic E-state index is -0.268. The van der Waals surface area contributed by atoms with Gasteiger partial charge in [-0.15, -0.1) is 0 Å². The van der Waals surface area contributed by atoms with E-state index in [1.165, 1.54) is 12.3 Å². The average Bonchev–Trinajstić information content (AvgIpc) is 2.39. The fourth-order valence-corrected chi connectivity index (χ4v) is 2.03. The number of nitrogens with one attached hydrogen (secondary N) is 1. The molecule has 1 aromatic carbocycles.